The van der Waals surface area contributed by atoms with E-state index < -0.39 is 0 Å². The predicted octanol–water partition coefficient (Wildman–Crippen LogP) is 2.10. The van der Waals surface area contributed by atoms with Crippen molar-refractivity contribution in [3.05, 3.63) is 35.4 Å². The number of halogens is 1. The third-order valence-corrected chi connectivity index (χ3v) is 2.21. The number of hydrogen-bond donors (Lipinski definition) is 1. The maximum absolute atomic E-state index is 5.71. The van der Waals surface area contributed by atoms with Gasteiger partial charge < -0.3 is 5.73 Å². The zero-order chi connectivity index (χ0) is 8.97. The Morgan fingerprint density at radius 3 is 2.42 bits per heavy atom. The van der Waals surface area contributed by atoms with Crippen LogP contribution in [-0.4, -0.2) is 11.9 Å². The molecule has 1 aromatic carbocycles. The zero-order valence-corrected chi connectivity index (χ0v) is 8.01. The first-order chi connectivity index (χ1) is 5.72. The number of rotatable bonds is 3. The predicted molar refractivity (Wildman–Crippen MR) is 53.6 cm³/mol. The molecule has 0 saturated carbocycles. The second-order valence-corrected chi connectivity index (χ2v) is 3.41. The summed E-state index contributed by atoms with van der Waals surface area (Å²) in [5.74, 6) is 0.522. The van der Waals surface area contributed by atoms with Gasteiger partial charge in [0.25, 0.3) is 0 Å². The normalized spacial score (nSPS) is 12.9. The Morgan fingerprint density at radius 2 is 1.92 bits per heavy atom. The van der Waals surface area contributed by atoms with Gasteiger partial charge in [0.05, 0.1) is 0 Å². The minimum atomic E-state index is 0.0781. The average Bonchev–Trinajstić information content (AvgIpc) is 2.09. The van der Waals surface area contributed by atoms with E-state index in [9.17, 15) is 0 Å². The lowest BCUT2D eigenvalue weighted by Gasteiger charge is -2.07. The third-order valence-electron chi connectivity index (χ3n) is 1.82. The highest BCUT2D eigenvalue weighted by Crippen LogP contribution is 2.05. The summed E-state index contributed by atoms with van der Waals surface area (Å²) in [5, 5.41) is 0. The molecule has 0 aliphatic rings. The molecule has 12 heavy (non-hydrogen) atoms. The van der Waals surface area contributed by atoms with Crippen LogP contribution in [0.3, 0.4) is 0 Å². The lowest BCUT2D eigenvalue weighted by molar-refractivity contribution is 0.745. The molecule has 0 aliphatic carbocycles. The molecule has 0 spiro atoms. The molecule has 0 saturated heterocycles. The summed E-state index contributed by atoms with van der Waals surface area (Å²) in [6.45, 7) is 2.07. The number of alkyl halides is 1. The highest BCUT2D eigenvalue weighted by atomic mass is 35.5. The molecular formula is C10H14ClN. The number of nitrogens with two attached hydrogens (primary N) is 1. The van der Waals surface area contributed by atoms with Crippen molar-refractivity contribution in [1.29, 1.82) is 0 Å². The Balaban J connectivity index is 2.58. The van der Waals surface area contributed by atoms with Crippen molar-refractivity contribution in [2.24, 2.45) is 5.73 Å². The van der Waals surface area contributed by atoms with Gasteiger partial charge in [-0.1, -0.05) is 29.8 Å². The van der Waals surface area contributed by atoms with E-state index in [-0.39, 0.29) is 6.04 Å². The maximum atomic E-state index is 5.71. The van der Waals surface area contributed by atoms with Crippen LogP contribution in [0.4, 0.5) is 0 Å². The number of benzene rings is 1. The minimum Gasteiger partial charge on any atom is -0.326 e. The van der Waals surface area contributed by atoms with Crippen molar-refractivity contribution < 1.29 is 0 Å². The van der Waals surface area contributed by atoms with E-state index >= 15 is 0 Å². The summed E-state index contributed by atoms with van der Waals surface area (Å²) < 4.78 is 0. The Hall–Kier alpha value is -0.530. The zero-order valence-electron chi connectivity index (χ0n) is 7.26. The third kappa shape index (κ3) is 2.84. The fourth-order valence-corrected chi connectivity index (χ4v) is 1.19. The van der Waals surface area contributed by atoms with Crippen LogP contribution in [0.5, 0.6) is 0 Å². The Bertz CT molecular complexity index is 230. The molecule has 0 radical (unpaired) electrons. The van der Waals surface area contributed by atoms with Crippen LogP contribution in [-0.2, 0) is 6.42 Å². The van der Waals surface area contributed by atoms with Gasteiger partial charge in [0, 0.05) is 11.9 Å². The maximum Gasteiger partial charge on any atom is 0.0378 e. The van der Waals surface area contributed by atoms with Gasteiger partial charge in [-0.3, -0.25) is 0 Å². The first-order valence-electron chi connectivity index (χ1n) is 4.09. The molecular weight excluding hydrogens is 170 g/mol. The first-order valence-corrected chi connectivity index (χ1v) is 4.63. The van der Waals surface area contributed by atoms with Gasteiger partial charge in [-0.05, 0) is 18.9 Å². The summed E-state index contributed by atoms with van der Waals surface area (Å²) in [4.78, 5) is 0. The van der Waals surface area contributed by atoms with Crippen molar-refractivity contribution in [1.82, 2.24) is 0 Å². The van der Waals surface area contributed by atoms with Gasteiger partial charge in [-0.15, -0.1) is 11.6 Å². The second kappa shape index (κ2) is 4.48. The van der Waals surface area contributed by atoms with Crippen molar-refractivity contribution in [2.45, 2.75) is 19.4 Å². The van der Waals surface area contributed by atoms with Gasteiger partial charge in [0.2, 0.25) is 0 Å². The van der Waals surface area contributed by atoms with Crippen LogP contribution in [0.1, 0.15) is 11.1 Å². The van der Waals surface area contributed by atoms with Crippen LogP contribution < -0.4 is 5.73 Å². The lowest BCUT2D eigenvalue weighted by atomic mass is 10.1. The molecule has 0 fully saturated rings. The monoisotopic (exact) mass is 183 g/mol. The van der Waals surface area contributed by atoms with Crippen LogP contribution in [0.15, 0.2) is 24.3 Å². The van der Waals surface area contributed by atoms with Gasteiger partial charge in [-0.2, -0.15) is 0 Å². The van der Waals surface area contributed by atoms with Crippen molar-refractivity contribution in [2.75, 3.05) is 5.88 Å². The largest absolute Gasteiger partial charge is 0.326 e. The van der Waals surface area contributed by atoms with E-state index in [0.717, 1.165) is 6.42 Å². The summed E-state index contributed by atoms with van der Waals surface area (Å²) >= 11 is 5.61. The number of hydrogen-bond acceptors (Lipinski definition) is 1. The molecule has 1 aromatic rings. The summed E-state index contributed by atoms with van der Waals surface area (Å²) in [5.41, 5.74) is 8.25. The summed E-state index contributed by atoms with van der Waals surface area (Å²) in [6, 6.07) is 8.46. The molecule has 0 bridgehead atoms. The molecule has 0 aromatic heterocycles. The Labute approximate surface area is 78.5 Å². The number of aryl methyl sites for hydroxylation is 1. The topological polar surface area (TPSA) is 26.0 Å². The SMILES string of the molecule is Cc1ccc(C[C@@H](N)CCl)cc1. The quantitative estimate of drug-likeness (QED) is 0.714. The van der Waals surface area contributed by atoms with E-state index in [1.54, 1.807) is 0 Å². The molecule has 0 amide bonds. The van der Waals surface area contributed by atoms with E-state index in [4.69, 9.17) is 17.3 Å². The van der Waals surface area contributed by atoms with E-state index in [2.05, 4.69) is 31.2 Å². The second-order valence-electron chi connectivity index (χ2n) is 3.10. The van der Waals surface area contributed by atoms with Gasteiger partial charge in [0.1, 0.15) is 0 Å². The molecule has 66 valence electrons. The van der Waals surface area contributed by atoms with Gasteiger partial charge in [0.15, 0.2) is 0 Å². The molecule has 0 unspecified atom stereocenters. The summed E-state index contributed by atoms with van der Waals surface area (Å²) in [7, 11) is 0. The van der Waals surface area contributed by atoms with Gasteiger partial charge in [-0.25, -0.2) is 0 Å². The van der Waals surface area contributed by atoms with Crippen LogP contribution in [0.2, 0.25) is 0 Å². The van der Waals surface area contributed by atoms with E-state index in [1.807, 2.05) is 0 Å². The molecule has 2 heteroatoms. The van der Waals surface area contributed by atoms with Crippen LogP contribution in [0.25, 0.3) is 0 Å². The van der Waals surface area contributed by atoms with Crippen LogP contribution in [0, 0.1) is 6.92 Å². The smallest absolute Gasteiger partial charge is 0.0378 e. The van der Waals surface area contributed by atoms with Crippen LogP contribution >= 0.6 is 11.6 Å². The molecule has 1 rings (SSSR count). The standard InChI is InChI=1S/C10H14ClN/c1-8-2-4-9(5-3-8)6-10(12)7-11/h2-5,10H,6-7,12H2,1H3/t10-/m1/s1. The fraction of sp³-hybridized carbons (Fsp3) is 0.400. The van der Waals surface area contributed by atoms with E-state index in [0.29, 0.717) is 5.88 Å². The molecule has 1 atom stereocenters. The first kappa shape index (κ1) is 9.56. The minimum absolute atomic E-state index is 0.0781. The average molecular weight is 184 g/mol. The highest BCUT2D eigenvalue weighted by molar-refractivity contribution is 6.18. The molecule has 1 nitrogen and oxygen atoms in total. The Kier molecular flexibility index (Phi) is 3.57. The fourth-order valence-electron chi connectivity index (χ4n) is 1.08. The lowest BCUT2D eigenvalue weighted by Crippen LogP contribution is -2.24. The highest BCUT2D eigenvalue weighted by Gasteiger charge is 2.00. The molecule has 0 aliphatic heterocycles. The Morgan fingerprint density at radius 1 is 1.33 bits per heavy atom. The molecule has 2 N–H and O–H groups in total. The van der Waals surface area contributed by atoms with Gasteiger partial charge >= 0.3 is 0 Å². The van der Waals surface area contributed by atoms with E-state index in [1.165, 1.54) is 11.1 Å². The van der Waals surface area contributed by atoms with Crippen molar-refractivity contribution in [3.63, 3.8) is 0 Å². The molecule has 0 heterocycles. The van der Waals surface area contributed by atoms with Crippen molar-refractivity contribution in [3.8, 4) is 0 Å². The van der Waals surface area contributed by atoms with Crippen molar-refractivity contribution >= 4 is 11.6 Å². The summed E-state index contributed by atoms with van der Waals surface area (Å²) in [6.07, 6.45) is 0.865.